The molecular weight excluding hydrogens is 313 g/mol. The predicted molar refractivity (Wildman–Crippen MR) is 91.4 cm³/mol. The van der Waals surface area contributed by atoms with Gasteiger partial charge in [0.05, 0.1) is 0 Å². The summed E-state index contributed by atoms with van der Waals surface area (Å²) in [5, 5.41) is 5.24. The van der Waals surface area contributed by atoms with Gasteiger partial charge in [-0.1, -0.05) is 13.0 Å². The maximum Gasteiger partial charge on any atom is 0.410 e. The second-order valence-corrected chi connectivity index (χ2v) is 6.81. The number of ether oxygens (including phenoxy) is 1. The summed E-state index contributed by atoms with van der Waals surface area (Å²) in [6.45, 7) is 8.13. The number of nitrogens with one attached hydrogen (secondary N) is 2. The average Bonchev–Trinajstić information content (AvgIpc) is 2.43. The molecule has 134 valence electrons. The number of carbonyl (C=O) groups excluding carboxylic acids is 2. The molecule has 2 N–H and O–H groups in total. The topological polar surface area (TPSA) is 70.7 Å². The minimum atomic E-state index is -0.544. The fourth-order valence-corrected chi connectivity index (χ4v) is 1.95. The van der Waals surface area contributed by atoms with Crippen molar-refractivity contribution in [1.82, 2.24) is 10.2 Å². The first-order valence-corrected chi connectivity index (χ1v) is 7.81. The molecule has 0 saturated carbocycles. The Morgan fingerprint density at radius 3 is 2.58 bits per heavy atom. The van der Waals surface area contributed by atoms with E-state index in [1.54, 1.807) is 33.9 Å². The van der Waals surface area contributed by atoms with Crippen LogP contribution in [0.2, 0.25) is 0 Å². The summed E-state index contributed by atoms with van der Waals surface area (Å²) in [5.74, 6) is -0.388. The van der Waals surface area contributed by atoms with Crippen LogP contribution >= 0.6 is 0 Å². The summed E-state index contributed by atoms with van der Waals surface area (Å²) < 4.78 is 18.3. The maximum atomic E-state index is 13.0. The first kappa shape index (κ1) is 19.7. The molecule has 0 bridgehead atoms. The highest BCUT2D eigenvalue weighted by atomic mass is 19.1. The number of carbonyl (C=O) groups is 2. The van der Waals surface area contributed by atoms with Crippen LogP contribution in [0.15, 0.2) is 24.3 Å². The zero-order valence-electron chi connectivity index (χ0n) is 14.9. The van der Waals surface area contributed by atoms with E-state index in [4.69, 9.17) is 4.74 Å². The van der Waals surface area contributed by atoms with E-state index in [0.29, 0.717) is 18.8 Å². The Balaban J connectivity index is 2.36. The lowest BCUT2D eigenvalue weighted by Gasteiger charge is -2.26. The number of anilines is 1. The van der Waals surface area contributed by atoms with E-state index in [2.05, 4.69) is 10.6 Å². The van der Waals surface area contributed by atoms with E-state index in [-0.39, 0.29) is 5.92 Å². The lowest BCUT2D eigenvalue weighted by Crippen LogP contribution is -2.40. The molecule has 24 heavy (non-hydrogen) atoms. The van der Waals surface area contributed by atoms with Gasteiger partial charge in [-0.25, -0.2) is 14.0 Å². The molecule has 7 heteroatoms. The van der Waals surface area contributed by atoms with Gasteiger partial charge >= 0.3 is 12.1 Å². The summed E-state index contributed by atoms with van der Waals surface area (Å²) in [7, 11) is 1.65. The number of benzene rings is 1. The molecule has 0 aliphatic rings. The summed E-state index contributed by atoms with van der Waals surface area (Å²) >= 11 is 0. The molecule has 0 heterocycles. The Bertz CT molecular complexity index is 572. The number of halogens is 1. The third-order valence-electron chi connectivity index (χ3n) is 2.98. The van der Waals surface area contributed by atoms with E-state index in [1.165, 1.54) is 23.1 Å². The molecule has 0 aliphatic carbocycles. The van der Waals surface area contributed by atoms with Crippen LogP contribution in [0.1, 0.15) is 27.7 Å². The Morgan fingerprint density at radius 1 is 1.33 bits per heavy atom. The molecule has 0 fully saturated rings. The Hall–Kier alpha value is -2.31. The number of amides is 3. The zero-order valence-corrected chi connectivity index (χ0v) is 14.9. The largest absolute Gasteiger partial charge is 0.444 e. The third kappa shape index (κ3) is 7.80. The quantitative estimate of drug-likeness (QED) is 0.863. The Morgan fingerprint density at radius 2 is 2.00 bits per heavy atom. The highest BCUT2D eigenvalue weighted by molar-refractivity contribution is 5.89. The predicted octanol–water partition coefficient (Wildman–Crippen LogP) is 3.45. The molecule has 0 radical (unpaired) electrons. The highest BCUT2D eigenvalue weighted by Crippen LogP contribution is 2.10. The van der Waals surface area contributed by atoms with Crippen molar-refractivity contribution < 1.29 is 18.7 Å². The second-order valence-electron chi connectivity index (χ2n) is 6.81. The van der Waals surface area contributed by atoms with Crippen molar-refractivity contribution in [3.05, 3.63) is 30.1 Å². The Labute approximate surface area is 142 Å². The van der Waals surface area contributed by atoms with Crippen molar-refractivity contribution in [3.8, 4) is 0 Å². The van der Waals surface area contributed by atoms with Crippen LogP contribution in [-0.4, -0.2) is 42.8 Å². The van der Waals surface area contributed by atoms with Gasteiger partial charge in [0.15, 0.2) is 0 Å². The van der Waals surface area contributed by atoms with Crippen molar-refractivity contribution in [3.63, 3.8) is 0 Å². The molecule has 1 aromatic carbocycles. The zero-order chi connectivity index (χ0) is 18.3. The van der Waals surface area contributed by atoms with Crippen LogP contribution < -0.4 is 10.6 Å². The first-order valence-electron chi connectivity index (χ1n) is 7.81. The second kappa shape index (κ2) is 8.52. The minimum Gasteiger partial charge on any atom is -0.444 e. The lowest BCUT2D eigenvalue weighted by atomic mass is 10.1. The molecule has 0 aromatic heterocycles. The van der Waals surface area contributed by atoms with Crippen LogP contribution in [0.5, 0.6) is 0 Å². The number of hydrogen-bond donors (Lipinski definition) is 2. The maximum absolute atomic E-state index is 13.0. The van der Waals surface area contributed by atoms with E-state index < -0.39 is 23.5 Å². The summed E-state index contributed by atoms with van der Waals surface area (Å²) in [5.41, 5.74) is -0.163. The summed E-state index contributed by atoms with van der Waals surface area (Å²) in [6.07, 6.45) is -0.404. The standard InChI is InChI=1S/C17H26FN3O3/c1-12(11-21(5)16(23)24-17(2,3)4)10-19-15(22)20-14-8-6-7-13(18)9-14/h6-9,12H,10-11H2,1-5H3,(H2,19,20,22). The Kier molecular flexibility index (Phi) is 7.00. The van der Waals surface area contributed by atoms with Gasteiger partial charge in [-0.3, -0.25) is 0 Å². The highest BCUT2D eigenvalue weighted by Gasteiger charge is 2.20. The molecular formula is C17H26FN3O3. The number of urea groups is 1. The molecule has 0 aliphatic heterocycles. The normalized spacial score (nSPS) is 12.2. The van der Waals surface area contributed by atoms with Crippen molar-refractivity contribution in [1.29, 1.82) is 0 Å². The van der Waals surface area contributed by atoms with E-state index in [0.717, 1.165) is 0 Å². The van der Waals surface area contributed by atoms with Crippen LogP contribution in [0, 0.1) is 11.7 Å². The number of rotatable bonds is 5. The van der Waals surface area contributed by atoms with Gasteiger partial charge in [-0.05, 0) is 44.9 Å². The van der Waals surface area contributed by atoms with Gasteiger partial charge < -0.3 is 20.3 Å². The van der Waals surface area contributed by atoms with Crippen LogP contribution in [0.25, 0.3) is 0 Å². The van der Waals surface area contributed by atoms with Crippen LogP contribution in [0.3, 0.4) is 0 Å². The van der Waals surface area contributed by atoms with Crippen molar-refractivity contribution in [2.45, 2.75) is 33.3 Å². The molecule has 3 amide bonds. The minimum absolute atomic E-state index is 0.0285. The summed E-state index contributed by atoms with van der Waals surface area (Å²) in [4.78, 5) is 25.1. The molecule has 0 spiro atoms. The van der Waals surface area contributed by atoms with E-state index >= 15 is 0 Å². The van der Waals surface area contributed by atoms with Gasteiger partial charge in [0.25, 0.3) is 0 Å². The molecule has 1 aromatic rings. The summed E-state index contributed by atoms with van der Waals surface area (Å²) in [6, 6.07) is 5.23. The van der Waals surface area contributed by atoms with Gasteiger partial charge in [0.1, 0.15) is 11.4 Å². The molecule has 1 atom stereocenters. The monoisotopic (exact) mass is 339 g/mol. The fourth-order valence-electron chi connectivity index (χ4n) is 1.95. The van der Waals surface area contributed by atoms with Gasteiger partial charge in [-0.15, -0.1) is 0 Å². The smallest absolute Gasteiger partial charge is 0.410 e. The molecule has 0 saturated heterocycles. The van der Waals surface area contributed by atoms with Crippen LogP contribution in [0.4, 0.5) is 19.7 Å². The van der Waals surface area contributed by atoms with Crippen molar-refractivity contribution >= 4 is 17.8 Å². The molecule has 1 rings (SSSR count). The van der Waals surface area contributed by atoms with Gasteiger partial charge in [-0.2, -0.15) is 0 Å². The van der Waals surface area contributed by atoms with Gasteiger partial charge in [0, 0.05) is 25.8 Å². The third-order valence-corrected chi connectivity index (χ3v) is 2.98. The SMILES string of the molecule is CC(CNC(=O)Nc1cccc(F)c1)CN(C)C(=O)OC(C)(C)C. The molecule has 1 unspecified atom stereocenters. The van der Waals surface area contributed by atoms with Gasteiger partial charge in [0.2, 0.25) is 0 Å². The number of hydrogen-bond acceptors (Lipinski definition) is 3. The van der Waals surface area contributed by atoms with E-state index in [1.807, 2.05) is 6.92 Å². The average molecular weight is 339 g/mol. The number of nitrogens with zero attached hydrogens (tertiary/aromatic N) is 1. The van der Waals surface area contributed by atoms with E-state index in [9.17, 15) is 14.0 Å². The van der Waals surface area contributed by atoms with Crippen LogP contribution in [-0.2, 0) is 4.74 Å². The van der Waals surface area contributed by atoms with Crippen molar-refractivity contribution in [2.24, 2.45) is 5.92 Å². The van der Waals surface area contributed by atoms with Crippen molar-refractivity contribution in [2.75, 3.05) is 25.5 Å². The molecule has 6 nitrogen and oxygen atoms in total. The lowest BCUT2D eigenvalue weighted by molar-refractivity contribution is 0.0278. The first-order chi connectivity index (χ1) is 11.1. The fraction of sp³-hybridized carbons (Fsp3) is 0.529.